The lowest BCUT2D eigenvalue weighted by Gasteiger charge is -2.18. The van der Waals surface area contributed by atoms with Gasteiger partial charge in [-0.2, -0.15) is 0 Å². The first-order chi connectivity index (χ1) is 13.9. The van der Waals surface area contributed by atoms with Gasteiger partial charge in [0.15, 0.2) is 6.10 Å². The van der Waals surface area contributed by atoms with E-state index in [-0.39, 0.29) is 17.2 Å². The quantitative estimate of drug-likeness (QED) is 0.541. The second-order valence-electron chi connectivity index (χ2n) is 7.49. The molecule has 0 aromatic heterocycles. The first kappa shape index (κ1) is 21.4. The first-order valence-electron chi connectivity index (χ1n) is 10.1. The molecule has 0 spiro atoms. The predicted molar refractivity (Wildman–Crippen MR) is 111 cm³/mol. The molecule has 29 heavy (non-hydrogen) atoms. The molecule has 1 heterocycles. The monoisotopic (exact) mass is 420 g/mol. The minimum absolute atomic E-state index is 0.107. The van der Waals surface area contributed by atoms with Crippen LogP contribution in [0.15, 0.2) is 35.9 Å². The molecule has 2 aliphatic rings. The van der Waals surface area contributed by atoms with Crippen LogP contribution in [-0.4, -0.2) is 45.2 Å². The highest BCUT2D eigenvalue weighted by Gasteiger charge is 2.29. The van der Waals surface area contributed by atoms with Gasteiger partial charge in [0, 0.05) is 13.1 Å². The Morgan fingerprint density at radius 3 is 2.76 bits per heavy atom. The first-order valence-corrected chi connectivity index (χ1v) is 11.7. The van der Waals surface area contributed by atoms with E-state index in [0.29, 0.717) is 25.2 Å². The van der Waals surface area contributed by atoms with Gasteiger partial charge in [0.05, 0.1) is 17.0 Å². The minimum atomic E-state index is -3.33. The zero-order valence-corrected chi connectivity index (χ0v) is 17.5. The van der Waals surface area contributed by atoms with Crippen molar-refractivity contribution >= 4 is 27.6 Å². The fraction of sp³-hybridized carbons (Fsp3) is 0.524. The molecule has 0 radical (unpaired) electrons. The average Bonchev–Trinajstić information content (AvgIpc) is 3.07. The van der Waals surface area contributed by atoms with Crippen molar-refractivity contribution in [2.75, 3.05) is 23.1 Å². The lowest BCUT2D eigenvalue weighted by atomic mass is 9.97. The van der Waals surface area contributed by atoms with E-state index in [4.69, 9.17) is 4.74 Å². The molecule has 3 rings (SSSR count). The van der Waals surface area contributed by atoms with E-state index in [1.807, 2.05) is 0 Å². The summed E-state index contributed by atoms with van der Waals surface area (Å²) in [5.41, 5.74) is 2.03. The van der Waals surface area contributed by atoms with E-state index in [2.05, 4.69) is 11.4 Å². The third-order valence-electron chi connectivity index (χ3n) is 5.25. The van der Waals surface area contributed by atoms with Crippen LogP contribution >= 0.6 is 0 Å². The lowest BCUT2D eigenvalue weighted by molar-refractivity contribution is -0.129. The van der Waals surface area contributed by atoms with Gasteiger partial charge in [0.2, 0.25) is 10.0 Å². The maximum absolute atomic E-state index is 12.4. The Morgan fingerprint density at radius 2 is 2.07 bits per heavy atom. The third kappa shape index (κ3) is 5.59. The number of benzene rings is 1. The SMILES string of the molecule is C[C@H](OC(=O)c1cccc(N2CCCS2(=O)=O)c1)C(=O)NCCC1=CCCCC1. The normalized spacial score (nSPS) is 19.3. The molecule has 0 unspecified atom stereocenters. The second kappa shape index (κ2) is 9.43. The maximum Gasteiger partial charge on any atom is 0.338 e. The highest BCUT2D eigenvalue weighted by atomic mass is 32.2. The summed E-state index contributed by atoms with van der Waals surface area (Å²) in [6, 6.07) is 6.30. The van der Waals surface area contributed by atoms with Crippen molar-refractivity contribution in [3.63, 3.8) is 0 Å². The number of allylic oxidation sites excluding steroid dienone is 1. The van der Waals surface area contributed by atoms with Crippen LogP contribution in [0.5, 0.6) is 0 Å². The maximum atomic E-state index is 12.4. The molecule has 1 amide bonds. The van der Waals surface area contributed by atoms with Gasteiger partial charge in [0.1, 0.15) is 0 Å². The van der Waals surface area contributed by atoms with Gasteiger partial charge in [-0.3, -0.25) is 9.10 Å². The van der Waals surface area contributed by atoms with Crippen LogP contribution < -0.4 is 9.62 Å². The van der Waals surface area contributed by atoms with Gasteiger partial charge >= 0.3 is 5.97 Å². The molecule has 8 heteroatoms. The number of carbonyl (C=O) groups excluding carboxylic acids is 2. The summed E-state index contributed by atoms with van der Waals surface area (Å²) in [7, 11) is -3.33. The summed E-state index contributed by atoms with van der Waals surface area (Å²) in [5, 5.41) is 2.81. The summed E-state index contributed by atoms with van der Waals surface area (Å²) in [5.74, 6) is -0.885. The molecule has 7 nitrogen and oxygen atoms in total. The number of nitrogens with zero attached hydrogens (tertiary/aromatic N) is 1. The molecule has 0 bridgehead atoms. The molecule has 1 fully saturated rings. The van der Waals surface area contributed by atoms with Gasteiger partial charge in [-0.1, -0.05) is 17.7 Å². The summed E-state index contributed by atoms with van der Waals surface area (Å²) >= 11 is 0. The summed E-state index contributed by atoms with van der Waals surface area (Å²) in [6.45, 7) is 2.45. The van der Waals surface area contributed by atoms with Crippen LogP contribution in [0.3, 0.4) is 0 Å². The number of amides is 1. The Balaban J connectivity index is 1.53. The van der Waals surface area contributed by atoms with Gasteiger partial charge in [-0.15, -0.1) is 0 Å². The molecule has 0 saturated carbocycles. The van der Waals surface area contributed by atoms with E-state index in [1.165, 1.54) is 35.7 Å². The van der Waals surface area contributed by atoms with Crippen LogP contribution in [0.2, 0.25) is 0 Å². The number of hydrogen-bond acceptors (Lipinski definition) is 5. The fourth-order valence-corrected chi connectivity index (χ4v) is 5.18. The van der Waals surface area contributed by atoms with Crippen molar-refractivity contribution in [2.24, 2.45) is 0 Å². The van der Waals surface area contributed by atoms with Crippen LogP contribution in [0.4, 0.5) is 5.69 Å². The number of sulfonamides is 1. The van der Waals surface area contributed by atoms with Gasteiger partial charge in [0.25, 0.3) is 5.91 Å². The number of carbonyl (C=O) groups is 2. The zero-order valence-electron chi connectivity index (χ0n) is 16.7. The van der Waals surface area contributed by atoms with Crippen LogP contribution in [-0.2, 0) is 19.6 Å². The zero-order chi connectivity index (χ0) is 20.9. The Kier molecular flexibility index (Phi) is 6.95. The average molecular weight is 421 g/mol. The van der Waals surface area contributed by atoms with Crippen LogP contribution in [0.1, 0.15) is 55.8 Å². The highest BCUT2D eigenvalue weighted by Crippen LogP contribution is 2.25. The number of anilines is 1. The fourth-order valence-electron chi connectivity index (χ4n) is 3.62. The minimum Gasteiger partial charge on any atom is -0.449 e. The smallest absolute Gasteiger partial charge is 0.338 e. The van der Waals surface area contributed by atoms with Crippen LogP contribution in [0.25, 0.3) is 0 Å². The lowest BCUT2D eigenvalue weighted by Crippen LogP contribution is -2.36. The van der Waals surface area contributed by atoms with E-state index < -0.39 is 22.1 Å². The standard InChI is InChI=1S/C21H28N2O5S/c1-16(20(24)22-12-11-17-7-3-2-4-8-17)28-21(25)18-9-5-10-19(15-18)23-13-6-14-29(23,26)27/h5,7,9-10,15-16H,2-4,6,8,11-14H2,1H3,(H,22,24)/t16-/m0/s1. The topological polar surface area (TPSA) is 92.8 Å². The van der Waals surface area contributed by atoms with Crippen molar-refractivity contribution in [1.29, 1.82) is 0 Å². The number of esters is 1. The van der Waals surface area contributed by atoms with Gasteiger partial charge in [-0.05, 0) is 63.6 Å². The van der Waals surface area contributed by atoms with Crippen molar-refractivity contribution in [3.05, 3.63) is 41.5 Å². The van der Waals surface area contributed by atoms with E-state index >= 15 is 0 Å². The Labute approximate surface area is 172 Å². The van der Waals surface area contributed by atoms with Crippen molar-refractivity contribution in [3.8, 4) is 0 Å². The Morgan fingerprint density at radius 1 is 1.24 bits per heavy atom. The van der Waals surface area contributed by atoms with Crippen molar-refractivity contribution in [1.82, 2.24) is 5.32 Å². The van der Waals surface area contributed by atoms with Gasteiger partial charge in [-0.25, -0.2) is 13.2 Å². The molecule has 1 aliphatic heterocycles. The second-order valence-corrected chi connectivity index (χ2v) is 9.50. The molecule has 1 saturated heterocycles. The van der Waals surface area contributed by atoms with E-state index in [0.717, 1.165) is 19.3 Å². The van der Waals surface area contributed by atoms with Crippen molar-refractivity contribution in [2.45, 2.75) is 51.6 Å². The number of hydrogen-bond donors (Lipinski definition) is 1. The van der Waals surface area contributed by atoms with Crippen molar-refractivity contribution < 1.29 is 22.7 Å². The van der Waals surface area contributed by atoms with Gasteiger partial charge < -0.3 is 10.1 Å². The predicted octanol–water partition coefficient (Wildman–Crippen LogP) is 2.78. The molecular formula is C21H28N2O5S. The number of nitrogens with one attached hydrogen (secondary N) is 1. The number of ether oxygens (including phenoxy) is 1. The third-order valence-corrected chi connectivity index (χ3v) is 7.12. The molecule has 1 aromatic rings. The molecular weight excluding hydrogens is 392 g/mol. The number of rotatable bonds is 7. The molecule has 158 valence electrons. The van der Waals surface area contributed by atoms with E-state index in [9.17, 15) is 18.0 Å². The summed E-state index contributed by atoms with van der Waals surface area (Å²) in [6.07, 6.45) is 7.32. The van der Waals surface area contributed by atoms with E-state index in [1.54, 1.807) is 18.2 Å². The largest absolute Gasteiger partial charge is 0.449 e. The van der Waals surface area contributed by atoms with Crippen LogP contribution in [0, 0.1) is 0 Å². The highest BCUT2D eigenvalue weighted by molar-refractivity contribution is 7.93. The molecule has 1 aliphatic carbocycles. The summed E-state index contributed by atoms with van der Waals surface area (Å²) in [4.78, 5) is 24.6. The summed E-state index contributed by atoms with van der Waals surface area (Å²) < 4.78 is 30.7. The molecule has 1 aromatic carbocycles. The Bertz CT molecular complexity index is 894. The Hall–Kier alpha value is -2.35. The molecule has 1 atom stereocenters. The molecule has 1 N–H and O–H groups in total.